The van der Waals surface area contributed by atoms with Crippen molar-refractivity contribution >= 4 is 28.8 Å². The SMILES string of the molecule is Cn1ncc(-c2ccc3c(c2)CN([C@H]2CCC(=O)NC2=O)C3=O)c1-c1ccc2c(c1)ncn2C. The van der Waals surface area contributed by atoms with Crippen LogP contribution in [-0.2, 0) is 30.2 Å². The van der Waals surface area contributed by atoms with E-state index in [0.717, 1.165) is 39.0 Å². The van der Waals surface area contributed by atoms with E-state index in [0.29, 0.717) is 18.5 Å². The first kappa shape index (κ1) is 20.3. The Balaban J connectivity index is 1.36. The summed E-state index contributed by atoms with van der Waals surface area (Å²) in [7, 11) is 3.87. The van der Waals surface area contributed by atoms with E-state index in [2.05, 4.69) is 27.5 Å². The van der Waals surface area contributed by atoms with Crippen LogP contribution in [0.4, 0.5) is 0 Å². The van der Waals surface area contributed by atoms with Crippen LogP contribution < -0.4 is 5.32 Å². The fraction of sp³-hybridized carbons (Fsp3) is 0.240. The third-order valence-corrected chi connectivity index (χ3v) is 6.77. The lowest BCUT2D eigenvalue weighted by Gasteiger charge is -2.29. The molecular formula is C25H22N6O3. The minimum Gasteiger partial charge on any atom is -0.334 e. The van der Waals surface area contributed by atoms with E-state index in [1.807, 2.05) is 53.8 Å². The molecule has 1 fully saturated rings. The van der Waals surface area contributed by atoms with Crippen LogP contribution in [0, 0.1) is 0 Å². The van der Waals surface area contributed by atoms with Crippen molar-refractivity contribution in [3.05, 3.63) is 60.0 Å². The third-order valence-electron chi connectivity index (χ3n) is 6.77. The van der Waals surface area contributed by atoms with Gasteiger partial charge in [-0.15, -0.1) is 0 Å². The summed E-state index contributed by atoms with van der Waals surface area (Å²) >= 11 is 0. The van der Waals surface area contributed by atoms with Crippen LogP contribution in [0.15, 0.2) is 48.9 Å². The van der Waals surface area contributed by atoms with E-state index in [1.54, 1.807) is 11.2 Å². The second kappa shape index (κ2) is 7.38. The molecule has 0 saturated carbocycles. The third kappa shape index (κ3) is 3.04. The lowest BCUT2D eigenvalue weighted by molar-refractivity contribution is -0.136. The van der Waals surface area contributed by atoms with Crippen LogP contribution >= 0.6 is 0 Å². The topological polar surface area (TPSA) is 102 Å². The average Bonchev–Trinajstić information content (AvgIpc) is 3.49. The number of imidazole rings is 1. The first-order chi connectivity index (χ1) is 16.4. The van der Waals surface area contributed by atoms with Gasteiger partial charge in [0, 0.05) is 43.8 Å². The zero-order chi connectivity index (χ0) is 23.6. The molecule has 0 bridgehead atoms. The highest BCUT2D eigenvalue weighted by molar-refractivity contribution is 6.05. The quantitative estimate of drug-likeness (QED) is 0.479. The second-order valence-electron chi connectivity index (χ2n) is 8.86. The van der Waals surface area contributed by atoms with Crippen LogP contribution in [0.3, 0.4) is 0 Å². The van der Waals surface area contributed by atoms with Crippen LogP contribution in [-0.4, -0.2) is 48.0 Å². The molecule has 2 aromatic carbocycles. The molecule has 2 aromatic heterocycles. The molecule has 3 amide bonds. The zero-order valence-corrected chi connectivity index (χ0v) is 18.8. The van der Waals surface area contributed by atoms with Gasteiger partial charge in [0.2, 0.25) is 11.8 Å². The fourth-order valence-electron chi connectivity index (χ4n) is 5.02. The summed E-state index contributed by atoms with van der Waals surface area (Å²) in [4.78, 5) is 42.9. The summed E-state index contributed by atoms with van der Waals surface area (Å²) in [5.41, 5.74) is 7.27. The van der Waals surface area contributed by atoms with E-state index in [1.165, 1.54) is 0 Å². The van der Waals surface area contributed by atoms with Gasteiger partial charge >= 0.3 is 0 Å². The normalized spacial score (nSPS) is 18.0. The molecule has 1 atom stereocenters. The van der Waals surface area contributed by atoms with Gasteiger partial charge in [-0.05, 0) is 41.8 Å². The fourth-order valence-corrected chi connectivity index (χ4v) is 5.02. The molecule has 0 unspecified atom stereocenters. The molecule has 34 heavy (non-hydrogen) atoms. The van der Waals surface area contributed by atoms with E-state index >= 15 is 0 Å². The summed E-state index contributed by atoms with van der Waals surface area (Å²) in [5, 5.41) is 6.84. The first-order valence-electron chi connectivity index (χ1n) is 11.1. The molecule has 4 aromatic rings. The lowest BCUT2D eigenvalue weighted by Crippen LogP contribution is -2.52. The smallest absolute Gasteiger partial charge is 0.255 e. The molecule has 0 spiro atoms. The Kier molecular flexibility index (Phi) is 4.41. The molecule has 1 N–H and O–H groups in total. The number of nitrogens with zero attached hydrogens (tertiary/aromatic N) is 5. The Morgan fingerprint density at radius 2 is 1.82 bits per heavy atom. The largest absolute Gasteiger partial charge is 0.334 e. The monoisotopic (exact) mass is 454 g/mol. The number of piperidine rings is 1. The lowest BCUT2D eigenvalue weighted by atomic mass is 9.98. The molecular weight excluding hydrogens is 432 g/mol. The average molecular weight is 454 g/mol. The van der Waals surface area contributed by atoms with Crippen molar-refractivity contribution in [2.75, 3.05) is 0 Å². The maximum Gasteiger partial charge on any atom is 0.255 e. The molecule has 0 radical (unpaired) electrons. The number of aryl methyl sites for hydroxylation is 2. The van der Waals surface area contributed by atoms with Crippen LogP contribution in [0.1, 0.15) is 28.8 Å². The predicted octanol–water partition coefficient (Wildman–Crippen LogP) is 2.40. The zero-order valence-electron chi connectivity index (χ0n) is 18.8. The van der Waals surface area contributed by atoms with Gasteiger partial charge in [-0.3, -0.25) is 24.4 Å². The van der Waals surface area contributed by atoms with Crippen LogP contribution in [0.25, 0.3) is 33.4 Å². The van der Waals surface area contributed by atoms with Crippen LogP contribution in [0.2, 0.25) is 0 Å². The van der Waals surface area contributed by atoms with Gasteiger partial charge in [0.05, 0.1) is 29.3 Å². The van der Waals surface area contributed by atoms with Crippen LogP contribution in [0.5, 0.6) is 0 Å². The number of nitrogens with one attached hydrogen (secondary N) is 1. The molecule has 2 aliphatic heterocycles. The number of hydrogen-bond donors (Lipinski definition) is 1. The first-order valence-corrected chi connectivity index (χ1v) is 11.1. The molecule has 0 aliphatic carbocycles. The number of carbonyl (C=O) groups is 3. The highest BCUT2D eigenvalue weighted by atomic mass is 16.2. The van der Waals surface area contributed by atoms with Gasteiger partial charge in [-0.2, -0.15) is 5.10 Å². The highest BCUT2D eigenvalue weighted by Gasteiger charge is 2.39. The van der Waals surface area contributed by atoms with Gasteiger partial charge in [0.25, 0.3) is 5.91 Å². The summed E-state index contributed by atoms with van der Waals surface area (Å²) < 4.78 is 3.82. The number of carbonyl (C=O) groups excluding carboxylic acids is 3. The number of benzene rings is 2. The van der Waals surface area contributed by atoms with Gasteiger partial charge < -0.3 is 9.47 Å². The van der Waals surface area contributed by atoms with Crippen molar-refractivity contribution in [1.82, 2.24) is 29.5 Å². The Bertz CT molecular complexity index is 1510. The van der Waals surface area contributed by atoms with Gasteiger partial charge in [-0.1, -0.05) is 12.1 Å². The Morgan fingerprint density at radius 3 is 2.65 bits per heavy atom. The minimum absolute atomic E-state index is 0.178. The predicted molar refractivity (Wildman–Crippen MR) is 124 cm³/mol. The Hall–Kier alpha value is -4.27. The summed E-state index contributed by atoms with van der Waals surface area (Å²) in [6.07, 6.45) is 4.21. The summed E-state index contributed by atoms with van der Waals surface area (Å²) in [5.74, 6) is -0.874. The molecule has 9 nitrogen and oxygen atoms in total. The maximum atomic E-state index is 13.0. The van der Waals surface area contributed by atoms with Gasteiger partial charge in [0.15, 0.2) is 0 Å². The number of rotatable bonds is 3. The molecule has 9 heteroatoms. The standard InChI is InChI=1S/C25H22N6O3/c1-29-13-26-19-10-15(4-6-20(19)29)23-18(11-27-30(23)2)14-3-5-17-16(9-14)12-31(25(17)34)21-7-8-22(32)28-24(21)33/h3-6,9-11,13,21H,7-8,12H2,1-2H3,(H,28,32,33)/t21-/m0/s1. The van der Waals surface area contributed by atoms with E-state index < -0.39 is 11.9 Å². The van der Waals surface area contributed by atoms with Crippen molar-refractivity contribution in [2.45, 2.75) is 25.4 Å². The number of hydrogen-bond acceptors (Lipinski definition) is 5. The van der Waals surface area contributed by atoms with Crippen molar-refractivity contribution in [2.24, 2.45) is 14.1 Å². The van der Waals surface area contributed by atoms with Crippen molar-refractivity contribution in [3.8, 4) is 22.4 Å². The summed E-state index contributed by atoms with van der Waals surface area (Å²) in [6.45, 7) is 0.337. The summed E-state index contributed by atoms with van der Waals surface area (Å²) in [6, 6.07) is 11.3. The molecule has 6 rings (SSSR count). The van der Waals surface area contributed by atoms with Crippen molar-refractivity contribution < 1.29 is 14.4 Å². The van der Waals surface area contributed by atoms with Crippen molar-refractivity contribution in [1.29, 1.82) is 0 Å². The Morgan fingerprint density at radius 1 is 1.00 bits per heavy atom. The number of amides is 3. The molecule has 170 valence electrons. The highest BCUT2D eigenvalue weighted by Crippen LogP contribution is 2.36. The number of fused-ring (bicyclic) bond motifs is 2. The van der Waals surface area contributed by atoms with Gasteiger partial charge in [-0.25, -0.2) is 4.98 Å². The van der Waals surface area contributed by atoms with E-state index in [-0.39, 0.29) is 18.2 Å². The maximum absolute atomic E-state index is 13.0. The van der Waals surface area contributed by atoms with Gasteiger partial charge in [0.1, 0.15) is 6.04 Å². The molecule has 2 aliphatic rings. The minimum atomic E-state index is -0.625. The Labute approximate surface area is 195 Å². The molecule has 1 saturated heterocycles. The van der Waals surface area contributed by atoms with E-state index in [4.69, 9.17) is 0 Å². The number of aromatic nitrogens is 4. The van der Waals surface area contributed by atoms with E-state index in [9.17, 15) is 14.4 Å². The number of imide groups is 1. The molecule has 4 heterocycles. The second-order valence-corrected chi connectivity index (χ2v) is 8.86. The van der Waals surface area contributed by atoms with Crippen molar-refractivity contribution in [3.63, 3.8) is 0 Å².